The minimum absolute atomic E-state index is 0.135. The van der Waals surface area contributed by atoms with Crippen LogP contribution >= 0.6 is 27.3 Å². The van der Waals surface area contributed by atoms with E-state index in [9.17, 15) is 4.79 Å². The molecule has 1 atom stereocenters. The quantitative estimate of drug-likeness (QED) is 0.601. The average molecular weight is 351 g/mol. The Hall–Kier alpha value is -0.670. The molecule has 1 saturated carbocycles. The van der Waals surface area contributed by atoms with Gasteiger partial charge in [0.1, 0.15) is 0 Å². The van der Waals surface area contributed by atoms with Crippen LogP contribution in [0.15, 0.2) is 28.1 Å². The number of carbonyl (C=O) groups excluding carboxylic acids is 1. The second-order valence-corrected chi connectivity index (χ2v) is 8.15. The first-order valence-corrected chi connectivity index (χ1v) is 8.88. The third-order valence-electron chi connectivity index (χ3n) is 4.64. The topological polar surface area (TPSA) is 17.1 Å². The van der Waals surface area contributed by atoms with E-state index in [0.29, 0.717) is 5.78 Å². The first-order chi connectivity index (χ1) is 9.50. The molecule has 1 aliphatic rings. The van der Waals surface area contributed by atoms with Crippen LogP contribution in [0.2, 0.25) is 0 Å². The minimum atomic E-state index is 0.135. The summed E-state index contributed by atoms with van der Waals surface area (Å²) >= 11 is 5.24. The van der Waals surface area contributed by atoms with Crippen molar-refractivity contribution in [3.63, 3.8) is 0 Å². The van der Waals surface area contributed by atoms with E-state index >= 15 is 0 Å². The predicted molar refractivity (Wildman–Crippen MR) is 89.6 cm³/mol. The van der Waals surface area contributed by atoms with Gasteiger partial charge in [-0.3, -0.25) is 4.79 Å². The lowest BCUT2D eigenvalue weighted by Crippen LogP contribution is -2.34. The maximum absolute atomic E-state index is 13.0. The highest BCUT2D eigenvalue weighted by Gasteiger charge is 2.38. The number of halogens is 1. The van der Waals surface area contributed by atoms with Gasteiger partial charge in [0.2, 0.25) is 0 Å². The van der Waals surface area contributed by atoms with Gasteiger partial charge in [-0.05, 0) is 40.3 Å². The molecule has 0 bridgehead atoms. The number of hydrogen-bond acceptors (Lipinski definition) is 2. The number of ketones is 1. The monoisotopic (exact) mass is 350 g/mol. The molecule has 0 spiro atoms. The lowest BCUT2D eigenvalue weighted by Gasteiger charge is -2.37. The van der Waals surface area contributed by atoms with Gasteiger partial charge in [0.25, 0.3) is 0 Å². The zero-order chi connectivity index (χ0) is 14.3. The van der Waals surface area contributed by atoms with Crippen LogP contribution in [0, 0.1) is 11.3 Å². The maximum atomic E-state index is 13.0. The molecule has 1 unspecified atom stereocenters. The number of benzene rings is 1. The van der Waals surface area contributed by atoms with Gasteiger partial charge in [-0.2, -0.15) is 0 Å². The number of thiophene rings is 1. The van der Waals surface area contributed by atoms with Gasteiger partial charge in [-0.1, -0.05) is 38.8 Å². The van der Waals surface area contributed by atoms with Gasteiger partial charge in [-0.25, -0.2) is 0 Å². The summed E-state index contributed by atoms with van der Waals surface area (Å²) in [6.07, 6.45) is 4.64. The number of fused-ring (bicyclic) bond motifs is 1. The van der Waals surface area contributed by atoms with E-state index in [1.165, 1.54) is 17.5 Å². The normalized spacial score (nSPS) is 22.1. The van der Waals surface area contributed by atoms with E-state index < -0.39 is 0 Å². The molecule has 1 aliphatic carbocycles. The summed E-state index contributed by atoms with van der Waals surface area (Å²) in [5, 5.41) is 3.15. The highest BCUT2D eigenvalue weighted by Crippen LogP contribution is 2.44. The van der Waals surface area contributed by atoms with Gasteiger partial charge < -0.3 is 0 Å². The summed E-state index contributed by atoms with van der Waals surface area (Å²) in [7, 11) is 0. The molecule has 2 aromatic rings. The molecular formula is C17H19BrOS. The average Bonchev–Trinajstić information content (AvgIpc) is 2.83. The van der Waals surface area contributed by atoms with Gasteiger partial charge >= 0.3 is 0 Å². The lowest BCUT2D eigenvalue weighted by atomic mass is 9.66. The summed E-state index contributed by atoms with van der Waals surface area (Å²) in [6, 6.07) is 6.12. The molecule has 0 amide bonds. The Morgan fingerprint density at radius 1 is 1.35 bits per heavy atom. The van der Waals surface area contributed by atoms with Crippen molar-refractivity contribution in [2.75, 3.05) is 0 Å². The molecule has 0 N–H and O–H groups in total. The molecule has 0 radical (unpaired) electrons. The number of Topliss-reactive ketones (excluding diaryl/α,β-unsaturated/α-hetero) is 1. The Kier molecular flexibility index (Phi) is 3.76. The Morgan fingerprint density at radius 3 is 2.90 bits per heavy atom. The fourth-order valence-corrected chi connectivity index (χ4v) is 4.99. The molecule has 1 aromatic heterocycles. The van der Waals surface area contributed by atoms with Crippen molar-refractivity contribution in [1.82, 2.24) is 0 Å². The highest BCUT2D eigenvalue weighted by molar-refractivity contribution is 9.10. The molecule has 20 heavy (non-hydrogen) atoms. The van der Waals surface area contributed by atoms with E-state index in [1.54, 1.807) is 11.3 Å². The molecular weight excluding hydrogens is 332 g/mol. The summed E-state index contributed by atoms with van der Waals surface area (Å²) in [5.74, 6) is 0.520. The molecule has 0 saturated heterocycles. The number of carbonyl (C=O) groups is 1. The molecule has 1 nitrogen and oxygen atoms in total. The van der Waals surface area contributed by atoms with Crippen LogP contribution in [0.1, 0.15) is 49.9 Å². The summed E-state index contributed by atoms with van der Waals surface area (Å²) in [4.78, 5) is 13.0. The summed E-state index contributed by atoms with van der Waals surface area (Å²) in [5.41, 5.74) is 1.06. The highest BCUT2D eigenvalue weighted by atomic mass is 79.9. The van der Waals surface area contributed by atoms with Crippen LogP contribution in [-0.4, -0.2) is 5.78 Å². The Labute approximate surface area is 132 Å². The molecule has 1 aromatic carbocycles. The molecule has 1 heterocycles. The van der Waals surface area contributed by atoms with E-state index in [1.807, 2.05) is 17.5 Å². The maximum Gasteiger partial charge on any atom is 0.167 e. The van der Waals surface area contributed by atoms with Gasteiger partial charge in [0.05, 0.1) is 0 Å². The van der Waals surface area contributed by atoms with E-state index in [2.05, 4.69) is 35.8 Å². The van der Waals surface area contributed by atoms with Crippen molar-refractivity contribution >= 4 is 43.1 Å². The van der Waals surface area contributed by atoms with E-state index in [-0.39, 0.29) is 11.3 Å². The molecule has 1 fully saturated rings. The molecule has 0 aliphatic heterocycles. The summed E-state index contributed by atoms with van der Waals surface area (Å²) < 4.78 is 2.27. The molecule has 106 valence electrons. The predicted octanol–water partition coefficient (Wildman–Crippen LogP) is 6.06. The van der Waals surface area contributed by atoms with Crippen molar-refractivity contribution in [2.45, 2.75) is 39.5 Å². The van der Waals surface area contributed by atoms with Crippen LogP contribution in [0.4, 0.5) is 0 Å². The fraction of sp³-hybridized carbons (Fsp3) is 0.471. The Morgan fingerprint density at radius 2 is 2.15 bits per heavy atom. The van der Waals surface area contributed by atoms with Crippen LogP contribution in [0.3, 0.4) is 0 Å². The fourth-order valence-electron chi connectivity index (χ4n) is 3.38. The van der Waals surface area contributed by atoms with E-state index in [0.717, 1.165) is 28.3 Å². The molecule has 3 heteroatoms. The first kappa shape index (κ1) is 14.3. The van der Waals surface area contributed by atoms with Crippen molar-refractivity contribution < 1.29 is 4.79 Å². The van der Waals surface area contributed by atoms with Gasteiger partial charge in [0, 0.05) is 31.4 Å². The Balaban J connectivity index is 2.02. The Bertz CT molecular complexity index is 656. The largest absolute Gasteiger partial charge is 0.294 e. The second-order valence-electron chi connectivity index (χ2n) is 6.42. The minimum Gasteiger partial charge on any atom is -0.294 e. The zero-order valence-corrected chi connectivity index (χ0v) is 14.3. The zero-order valence-electron chi connectivity index (χ0n) is 11.9. The van der Waals surface area contributed by atoms with Gasteiger partial charge in [0.15, 0.2) is 5.78 Å². The van der Waals surface area contributed by atoms with Crippen molar-refractivity contribution in [2.24, 2.45) is 11.3 Å². The van der Waals surface area contributed by atoms with Crippen LogP contribution in [0.5, 0.6) is 0 Å². The van der Waals surface area contributed by atoms with Gasteiger partial charge in [-0.15, -0.1) is 11.3 Å². The SMILES string of the molecule is CC1(C)CCCCC1C(=O)c1csc2c(Br)cccc12. The van der Waals surface area contributed by atoms with Crippen molar-refractivity contribution in [3.05, 3.63) is 33.6 Å². The van der Waals surface area contributed by atoms with E-state index in [4.69, 9.17) is 0 Å². The second kappa shape index (κ2) is 5.27. The number of rotatable bonds is 2. The standard InChI is InChI=1S/C17H19BrOS/c1-17(2)9-4-3-7-13(17)15(19)12-10-20-16-11(12)6-5-8-14(16)18/h5-6,8,10,13H,3-4,7,9H2,1-2H3. The first-order valence-electron chi connectivity index (χ1n) is 7.20. The molecule has 3 rings (SSSR count). The lowest BCUT2D eigenvalue weighted by molar-refractivity contribution is 0.0699. The third kappa shape index (κ3) is 2.35. The summed E-state index contributed by atoms with van der Waals surface area (Å²) in [6.45, 7) is 4.50. The smallest absolute Gasteiger partial charge is 0.167 e. The van der Waals surface area contributed by atoms with Crippen LogP contribution in [0.25, 0.3) is 10.1 Å². The van der Waals surface area contributed by atoms with Crippen molar-refractivity contribution in [1.29, 1.82) is 0 Å². The van der Waals surface area contributed by atoms with Crippen molar-refractivity contribution in [3.8, 4) is 0 Å². The third-order valence-corrected chi connectivity index (χ3v) is 6.59. The van der Waals surface area contributed by atoms with Crippen LogP contribution in [-0.2, 0) is 0 Å². The van der Waals surface area contributed by atoms with Crippen LogP contribution < -0.4 is 0 Å². The number of hydrogen-bond donors (Lipinski definition) is 0.